The molecule has 5 nitrogen and oxygen atoms in total. The molecule has 0 bridgehead atoms. The molecule has 1 aromatic heterocycles. The van der Waals surface area contributed by atoms with Gasteiger partial charge in [0.25, 0.3) is 5.91 Å². The van der Waals surface area contributed by atoms with E-state index in [4.69, 9.17) is 5.73 Å². The van der Waals surface area contributed by atoms with E-state index in [1.165, 1.54) is 0 Å². The fraction of sp³-hybridized carbons (Fsp3) is 0.250. The minimum atomic E-state index is -0.179. The van der Waals surface area contributed by atoms with E-state index in [-0.39, 0.29) is 11.9 Å². The number of carbonyl (C=O) groups excluding carboxylic acids is 1. The molecule has 1 heterocycles. The highest BCUT2D eigenvalue weighted by molar-refractivity contribution is 5.93. The lowest BCUT2D eigenvalue weighted by atomic mass is 10.1. The number of amides is 1. The van der Waals surface area contributed by atoms with Crippen LogP contribution in [0.5, 0.6) is 0 Å². The lowest BCUT2D eigenvalue weighted by Gasteiger charge is -2.14. The predicted molar refractivity (Wildman–Crippen MR) is 84.6 cm³/mol. The number of hydrogen-bond acceptors (Lipinski definition) is 4. The Balaban J connectivity index is 2.24. The Morgan fingerprint density at radius 1 is 1.33 bits per heavy atom. The van der Waals surface area contributed by atoms with Gasteiger partial charge in [-0.15, -0.1) is 0 Å². The van der Waals surface area contributed by atoms with Gasteiger partial charge in [-0.05, 0) is 37.6 Å². The number of anilines is 2. The number of nitrogens with two attached hydrogens (primary N) is 1. The number of carbonyl (C=O) groups is 1. The summed E-state index contributed by atoms with van der Waals surface area (Å²) in [6, 6.07) is 11.3. The highest BCUT2D eigenvalue weighted by Gasteiger charge is 2.09. The van der Waals surface area contributed by atoms with E-state index < -0.39 is 0 Å². The summed E-state index contributed by atoms with van der Waals surface area (Å²) in [6.07, 6.45) is 1.61. The van der Waals surface area contributed by atoms with Crippen LogP contribution in [0.1, 0.15) is 35.9 Å². The van der Waals surface area contributed by atoms with Crippen LogP contribution in [0.4, 0.5) is 11.4 Å². The first-order chi connectivity index (χ1) is 10.1. The van der Waals surface area contributed by atoms with E-state index in [2.05, 4.69) is 15.6 Å². The van der Waals surface area contributed by atoms with Gasteiger partial charge in [0.15, 0.2) is 0 Å². The van der Waals surface area contributed by atoms with Gasteiger partial charge in [-0.3, -0.25) is 9.78 Å². The van der Waals surface area contributed by atoms with Crippen LogP contribution in [-0.4, -0.2) is 17.4 Å². The molecule has 0 radical (unpaired) electrons. The van der Waals surface area contributed by atoms with E-state index in [0.717, 1.165) is 16.9 Å². The number of aromatic nitrogens is 1. The van der Waals surface area contributed by atoms with Crippen molar-refractivity contribution < 1.29 is 4.79 Å². The third-order valence-electron chi connectivity index (χ3n) is 3.06. The van der Waals surface area contributed by atoms with Gasteiger partial charge in [0.05, 0.1) is 0 Å². The Morgan fingerprint density at radius 2 is 2.10 bits per heavy atom. The Morgan fingerprint density at radius 3 is 2.81 bits per heavy atom. The Kier molecular flexibility index (Phi) is 4.90. The lowest BCUT2D eigenvalue weighted by molar-refractivity contribution is 0.0951. The number of nitrogens with zero attached hydrogens (tertiary/aromatic N) is 1. The summed E-state index contributed by atoms with van der Waals surface area (Å²) in [7, 11) is 0. The molecule has 1 aromatic carbocycles. The van der Waals surface area contributed by atoms with Gasteiger partial charge in [0.2, 0.25) is 0 Å². The molecule has 4 N–H and O–H groups in total. The third-order valence-corrected chi connectivity index (χ3v) is 3.06. The maximum absolute atomic E-state index is 11.8. The molecule has 0 saturated heterocycles. The van der Waals surface area contributed by atoms with Crippen molar-refractivity contribution in [2.75, 3.05) is 11.9 Å². The van der Waals surface area contributed by atoms with Crippen molar-refractivity contribution in [3.8, 4) is 0 Å². The smallest absolute Gasteiger partial charge is 0.269 e. The van der Waals surface area contributed by atoms with Gasteiger partial charge in [0, 0.05) is 30.2 Å². The zero-order valence-corrected chi connectivity index (χ0v) is 12.3. The second kappa shape index (κ2) is 6.85. The molecule has 21 heavy (non-hydrogen) atoms. The average Bonchev–Trinajstić information content (AvgIpc) is 2.48. The quantitative estimate of drug-likeness (QED) is 0.788. The summed E-state index contributed by atoms with van der Waals surface area (Å²) in [5.74, 6) is -0.179. The lowest BCUT2D eigenvalue weighted by Crippen LogP contribution is -2.23. The summed E-state index contributed by atoms with van der Waals surface area (Å²) >= 11 is 0. The van der Waals surface area contributed by atoms with E-state index in [9.17, 15) is 4.79 Å². The van der Waals surface area contributed by atoms with E-state index in [0.29, 0.717) is 12.2 Å². The Bertz CT molecular complexity index is 625. The predicted octanol–water partition coefficient (Wildman–Crippen LogP) is 2.59. The molecule has 5 heteroatoms. The van der Waals surface area contributed by atoms with Crippen LogP contribution in [0.2, 0.25) is 0 Å². The van der Waals surface area contributed by atoms with Gasteiger partial charge in [-0.2, -0.15) is 0 Å². The molecule has 1 unspecified atom stereocenters. The van der Waals surface area contributed by atoms with Crippen molar-refractivity contribution in [2.45, 2.75) is 19.9 Å². The Labute approximate surface area is 124 Å². The molecular weight excluding hydrogens is 264 g/mol. The van der Waals surface area contributed by atoms with Crippen LogP contribution in [0.25, 0.3) is 0 Å². The highest BCUT2D eigenvalue weighted by Crippen LogP contribution is 2.24. The highest BCUT2D eigenvalue weighted by atomic mass is 16.1. The number of pyridine rings is 1. The fourth-order valence-electron chi connectivity index (χ4n) is 2.05. The number of nitrogens with one attached hydrogen (secondary N) is 2. The number of para-hydroxylation sites is 1. The van der Waals surface area contributed by atoms with E-state index >= 15 is 0 Å². The topological polar surface area (TPSA) is 80.0 Å². The first-order valence-electron chi connectivity index (χ1n) is 6.97. The second-order valence-electron chi connectivity index (χ2n) is 4.79. The SMILES string of the molecule is CCNC(=O)c1cc(Nc2ccccc2C(C)N)ccn1. The van der Waals surface area contributed by atoms with Crippen LogP contribution in [0, 0.1) is 0 Å². The molecular formula is C16H20N4O. The molecule has 0 saturated carbocycles. The maximum Gasteiger partial charge on any atom is 0.269 e. The monoisotopic (exact) mass is 284 g/mol. The summed E-state index contributed by atoms with van der Waals surface area (Å²) in [5, 5.41) is 6.02. The molecule has 0 spiro atoms. The van der Waals surface area contributed by atoms with Crippen molar-refractivity contribution in [3.63, 3.8) is 0 Å². The van der Waals surface area contributed by atoms with Crippen molar-refractivity contribution in [1.29, 1.82) is 0 Å². The summed E-state index contributed by atoms with van der Waals surface area (Å²) < 4.78 is 0. The normalized spacial score (nSPS) is 11.8. The molecule has 0 fully saturated rings. The van der Waals surface area contributed by atoms with E-state index in [1.807, 2.05) is 44.2 Å². The third kappa shape index (κ3) is 3.79. The summed E-state index contributed by atoms with van der Waals surface area (Å²) in [5.41, 5.74) is 9.12. The number of benzene rings is 1. The van der Waals surface area contributed by atoms with Crippen LogP contribution in [0.3, 0.4) is 0 Å². The summed E-state index contributed by atoms with van der Waals surface area (Å²) in [4.78, 5) is 15.9. The van der Waals surface area contributed by atoms with Gasteiger partial charge in [-0.1, -0.05) is 18.2 Å². The van der Waals surface area contributed by atoms with Crippen molar-refractivity contribution in [2.24, 2.45) is 5.73 Å². The van der Waals surface area contributed by atoms with Crippen LogP contribution in [-0.2, 0) is 0 Å². The van der Waals surface area contributed by atoms with Gasteiger partial charge < -0.3 is 16.4 Å². The standard InChI is InChI=1S/C16H20N4O/c1-3-18-16(21)15-10-12(8-9-19-15)20-14-7-5-4-6-13(14)11(2)17/h4-11H,3,17H2,1-2H3,(H,18,21)(H,19,20). The molecule has 1 atom stereocenters. The van der Waals surface area contributed by atoms with Crippen molar-refractivity contribution in [1.82, 2.24) is 10.3 Å². The number of rotatable bonds is 5. The van der Waals surface area contributed by atoms with Crippen LogP contribution < -0.4 is 16.4 Å². The van der Waals surface area contributed by atoms with Crippen LogP contribution >= 0.6 is 0 Å². The van der Waals surface area contributed by atoms with Gasteiger partial charge >= 0.3 is 0 Å². The first kappa shape index (κ1) is 15.0. The molecule has 0 aliphatic heterocycles. The van der Waals surface area contributed by atoms with Gasteiger partial charge in [-0.25, -0.2) is 0 Å². The molecule has 1 amide bonds. The first-order valence-corrected chi connectivity index (χ1v) is 6.97. The average molecular weight is 284 g/mol. The van der Waals surface area contributed by atoms with Gasteiger partial charge in [0.1, 0.15) is 5.69 Å². The fourth-order valence-corrected chi connectivity index (χ4v) is 2.05. The van der Waals surface area contributed by atoms with Crippen molar-refractivity contribution >= 4 is 17.3 Å². The molecule has 2 aromatic rings. The minimum Gasteiger partial charge on any atom is -0.355 e. The number of hydrogen-bond donors (Lipinski definition) is 3. The second-order valence-corrected chi connectivity index (χ2v) is 4.79. The van der Waals surface area contributed by atoms with Crippen molar-refractivity contribution in [3.05, 3.63) is 53.9 Å². The van der Waals surface area contributed by atoms with E-state index in [1.54, 1.807) is 12.3 Å². The molecule has 110 valence electrons. The van der Waals surface area contributed by atoms with Crippen LogP contribution in [0.15, 0.2) is 42.6 Å². The summed E-state index contributed by atoms with van der Waals surface area (Å²) in [6.45, 7) is 4.39. The largest absolute Gasteiger partial charge is 0.355 e. The maximum atomic E-state index is 11.8. The molecule has 0 aliphatic carbocycles. The zero-order valence-electron chi connectivity index (χ0n) is 12.3. The Hall–Kier alpha value is -2.40. The zero-order chi connectivity index (χ0) is 15.2. The minimum absolute atomic E-state index is 0.0709. The molecule has 2 rings (SSSR count). The molecule has 0 aliphatic rings.